The summed E-state index contributed by atoms with van der Waals surface area (Å²) in [5.74, 6) is 0.518. The van der Waals surface area contributed by atoms with Crippen molar-refractivity contribution in [1.82, 2.24) is 25.3 Å². The molecule has 0 radical (unpaired) electrons. The van der Waals surface area contributed by atoms with Crippen molar-refractivity contribution in [3.63, 3.8) is 0 Å². The fourth-order valence-corrected chi connectivity index (χ4v) is 7.93. The normalized spacial score (nSPS) is 18.5. The summed E-state index contributed by atoms with van der Waals surface area (Å²) in [4.78, 5) is 92.6. The van der Waals surface area contributed by atoms with E-state index < -0.39 is 96.4 Å². The Morgan fingerprint density at radius 3 is 2.15 bits per heavy atom. The van der Waals surface area contributed by atoms with Crippen LogP contribution in [0.15, 0.2) is 35.4 Å². The quantitative estimate of drug-likeness (QED) is 0.0507. The lowest BCUT2D eigenvalue weighted by atomic mass is 9.89. The molecule has 2 rings (SSSR count). The van der Waals surface area contributed by atoms with Crippen LogP contribution in [-0.2, 0) is 49.5 Å². The van der Waals surface area contributed by atoms with Gasteiger partial charge in [-0.2, -0.15) is 0 Å². The van der Waals surface area contributed by atoms with Gasteiger partial charge in [-0.3, -0.25) is 33.6 Å². The summed E-state index contributed by atoms with van der Waals surface area (Å²) in [5, 5.41) is 9.23. The number of nitrogens with one attached hydrogen (secondary N) is 2. The third-order valence-electron chi connectivity index (χ3n) is 11.4. The summed E-state index contributed by atoms with van der Waals surface area (Å²) in [7, 11) is 5.90. The Balaban J connectivity index is 2.36. The maximum absolute atomic E-state index is 14.4. The number of likely N-dealkylation sites (tertiary alicyclic amines) is 1. The minimum Gasteiger partial charge on any atom is -0.379 e. The van der Waals surface area contributed by atoms with Gasteiger partial charge in [-0.15, -0.1) is 0 Å². The number of carbonyl (C=O) groups excluding carboxylic acids is 6. The molecule has 59 heavy (non-hydrogen) atoms. The number of rotatable bonds is 24. The minimum atomic E-state index is -1.35. The highest BCUT2D eigenvalue weighted by atomic mass is 16.6. The van der Waals surface area contributed by atoms with Crippen LogP contribution in [0.25, 0.3) is 10.4 Å². The Hall–Kier alpha value is -4.81. The lowest BCUT2D eigenvalue weighted by Crippen LogP contribution is -2.61. The number of carbonyl (C=O) groups is 6. The van der Waals surface area contributed by atoms with Crippen molar-refractivity contribution in [1.29, 1.82) is 0 Å². The number of nitrogens with zero attached hydrogens (tertiary/aromatic N) is 6. The van der Waals surface area contributed by atoms with Crippen LogP contribution in [0.2, 0.25) is 0 Å². The predicted molar refractivity (Wildman–Crippen MR) is 219 cm³/mol. The molecule has 1 fully saturated rings. The SMILES string of the molecule is CC[C@H](C)[C@@H]([C@@H](CC(=O)N1CCC[C@H]1[C@H](OC)[C@@H](C)C(=O)N[C@@H](Cc1ccccc1)C(N)=O)OC)N(C)C(=O)[C@@H](NC(=O)[C@H](C(C)C)N(C)C(=O)CON)[C@H](C)N=[N+]=[N-]. The summed E-state index contributed by atoms with van der Waals surface area (Å²) in [6, 6.07) is 3.65. The van der Waals surface area contributed by atoms with Gasteiger partial charge in [-0.25, -0.2) is 5.90 Å². The third-order valence-corrected chi connectivity index (χ3v) is 11.4. The van der Waals surface area contributed by atoms with Crippen LogP contribution in [0, 0.1) is 17.8 Å². The number of likely N-dealkylation sites (N-methyl/N-ethyl adjacent to an activating group) is 2. The van der Waals surface area contributed by atoms with Gasteiger partial charge in [0.15, 0.2) is 0 Å². The van der Waals surface area contributed by atoms with Crippen molar-refractivity contribution in [3.8, 4) is 0 Å². The van der Waals surface area contributed by atoms with Crippen LogP contribution in [-0.4, -0.2) is 140 Å². The molecule has 6 N–H and O–H groups in total. The fraction of sp³-hybridized carbons (Fsp3) is 0.700. The Morgan fingerprint density at radius 2 is 1.63 bits per heavy atom. The predicted octanol–water partition coefficient (Wildman–Crippen LogP) is 1.68. The second kappa shape index (κ2) is 24.3. The molecule has 0 spiro atoms. The van der Waals surface area contributed by atoms with Crippen molar-refractivity contribution < 1.29 is 43.1 Å². The van der Waals surface area contributed by atoms with E-state index >= 15 is 0 Å². The number of methoxy groups -OCH3 is 2. The number of primary amides is 1. The topological polar surface area (TPSA) is 265 Å². The van der Waals surface area contributed by atoms with Crippen LogP contribution in [0.4, 0.5) is 0 Å². The molecule has 0 aliphatic carbocycles. The molecule has 1 heterocycles. The van der Waals surface area contributed by atoms with Crippen molar-refractivity contribution >= 4 is 35.4 Å². The van der Waals surface area contributed by atoms with Gasteiger partial charge in [0.25, 0.3) is 5.91 Å². The summed E-state index contributed by atoms with van der Waals surface area (Å²) >= 11 is 0. The minimum absolute atomic E-state index is 0.133. The van der Waals surface area contributed by atoms with Gasteiger partial charge in [0.1, 0.15) is 24.7 Å². The summed E-state index contributed by atoms with van der Waals surface area (Å²) in [6.45, 7) is 10.4. The Labute approximate surface area is 347 Å². The summed E-state index contributed by atoms with van der Waals surface area (Å²) < 4.78 is 11.8. The van der Waals surface area contributed by atoms with Crippen LogP contribution < -0.4 is 22.3 Å². The van der Waals surface area contributed by atoms with Crippen molar-refractivity contribution in [2.24, 2.45) is 34.5 Å². The molecule has 1 aromatic rings. The molecule has 1 aliphatic rings. The summed E-state index contributed by atoms with van der Waals surface area (Å²) in [6.07, 6.45) is 0.346. The van der Waals surface area contributed by atoms with Crippen molar-refractivity contribution in [2.45, 2.75) is 122 Å². The van der Waals surface area contributed by atoms with Crippen LogP contribution in [0.5, 0.6) is 0 Å². The van der Waals surface area contributed by atoms with Gasteiger partial charge in [-0.05, 0) is 35.8 Å². The monoisotopic (exact) mass is 831 g/mol. The van der Waals surface area contributed by atoms with Crippen LogP contribution in [0.1, 0.15) is 72.8 Å². The van der Waals surface area contributed by atoms with E-state index in [-0.39, 0.29) is 24.7 Å². The first-order valence-corrected chi connectivity index (χ1v) is 20.1. The largest absolute Gasteiger partial charge is 0.379 e. The third kappa shape index (κ3) is 13.6. The second-order valence-electron chi connectivity index (χ2n) is 15.7. The lowest BCUT2D eigenvalue weighted by Gasteiger charge is -2.41. The van der Waals surface area contributed by atoms with Gasteiger partial charge < -0.3 is 40.5 Å². The van der Waals surface area contributed by atoms with E-state index in [0.29, 0.717) is 25.8 Å². The maximum atomic E-state index is 14.4. The maximum Gasteiger partial charge on any atom is 0.251 e. The smallest absolute Gasteiger partial charge is 0.251 e. The average molecular weight is 831 g/mol. The molecule has 19 heteroatoms. The number of hydrogen-bond donors (Lipinski definition) is 4. The molecule has 10 atom stereocenters. The molecule has 19 nitrogen and oxygen atoms in total. The van der Waals surface area contributed by atoms with Gasteiger partial charge in [0.2, 0.25) is 29.5 Å². The molecule has 6 amide bonds. The van der Waals surface area contributed by atoms with E-state index in [2.05, 4.69) is 25.5 Å². The number of ether oxygens (including phenoxy) is 2. The first-order chi connectivity index (χ1) is 27.9. The van der Waals surface area contributed by atoms with Crippen LogP contribution in [0.3, 0.4) is 0 Å². The number of amides is 6. The van der Waals surface area contributed by atoms with Gasteiger partial charge in [0, 0.05) is 46.2 Å². The van der Waals surface area contributed by atoms with E-state index in [1.54, 1.807) is 32.7 Å². The molecular formula is C40H66N10O9. The second-order valence-corrected chi connectivity index (χ2v) is 15.7. The van der Waals surface area contributed by atoms with Crippen LogP contribution >= 0.6 is 0 Å². The average Bonchev–Trinajstić information content (AvgIpc) is 3.69. The van der Waals surface area contributed by atoms with Gasteiger partial charge in [-0.1, -0.05) is 83.4 Å². The molecule has 1 saturated heterocycles. The van der Waals surface area contributed by atoms with E-state index in [4.69, 9.17) is 21.1 Å². The van der Waals surface area contributed by atoms with E-state index in [1.807, 2.05) is 44.2 Å². The zero-order chi connectivity index (χ0) is 44.6. The number of benzene rings is 1. The van der Waals surface area contributed by atoms with Gasteiger partial charge >= 0.3 is 0 Å². The first kappa shape index (κ1) is 50.3. The Morgan fingerprint density at radius 1 is 0.983 bits per heavy atom. The van der Waals surface area contributed by atoms with E-state index in [0.717, 1.165) is 5.56 Å². The Bertz CT molecular complexity index is 1610. The lowest BCUT2D eigenvalue weighted by molar-refractivity contribution is -0.148. The van der Waals surface area contributed by atoms with Crippen molar-refractivity contribution in [3.05, 3.63) is 46.3 Å². The molecular weight excluding hydrogens is 765 g/mol. The summed E-state index contributed by atoms with van der Waals surface area (Å²) in [5.41, 5.74) is 15.8. The van der Waals surface area contributed by atoms with Gasteiger partial charge in [0.05, 0.1) is 42.7 Å². The highest BCUT2D eigenvalue weighted by Gasteiger charge is 2.44. The number of nitrogens with two attached hydrogens (primary N) is 2. The molecule has 0 unspecified atom stereocenters. The molecule has 0 aromatic heterocycles. The molecule has 330 valence electrons. The van der Waals surface area contributed by atoms with E-state index in [1.165, 1.54) is 38.0 Å². The van der Waals surface area contributed by atoms with E-state index in [9.17, 15) is 34.3 Å². The highest BCUT2D eigenvalue weighted by molar-refractivity contribution is 5.93. The first-order valence-electron chi connectivity index (χ1n) is 20.1. The Kier molecular flexibility index (Phi) is 20.7. The molecule has 0 saturated carbocycles. The zero-order valence-corrected chi connectivity index (χ0v) is 36.2. The molecule has 1 aromatic carbocycles. The highest BCUT2D eigenvalue weighted by Crippen LogP contribution is 2.30. The fourth-order valence-electron chi connectivity index (χ4n) is 7.93. The molecule has 1 aliphatic heterocycles. The molecule has 0 bridgehead atoms. The zero-order valence-electron chi connectivity index (χ0n) is 36.2. The standard InChI is InChI=1S/C40H66N10O9/c1-11-24(4)35(49(8)40(56)33(26(6)46-47-42)45-39(55)34(23(2)3)48(7)32(52)22-59-43)30(57-9)21-31(51)50-19-15-18-29(50)36(58-10)25(5)38(54)44-28(37(41)53)20-27-16-13-12-14-17-27/h12-14,16-17,23-26,28-30,33-36H,11,15,18-22,43H2,1-10H3,(H2,41,53)(H,44,54)(H,45,55)/t24-,25+,26-,28-,29-,30+,33-,34-,35-,36+/m0/s1. The number of hydrogen-bond acceptors (Lipinski definition) is 11. The number of azide groups is 1. The van der Waals surface area contributed by atoms with Crippen molar-refractivity contribution in [2.75, 3.05) is 41.5 Å².